The van der Waals surface area contributed by atoms with Gasteiger partial charge in [0.05, 0.1) is 6.20 Å². The van der Waals surface area contributed by atoms with Crippen LogP contribution in [0.25, 0.3) is 0 Å². The van der Waals surface area contributed by atoms with Crippen LogP contribution in [0.4, 0.5) is 0 Å². The van der Waals surface area contributed by atoms with Crippen LogP contribution in [0, 0.1) is 0 Å². The lowest BCUT2D eigenvalue weighted by Crippen LogP contribution is -2.39. The van der Waals surface area contributed by atoms with Gasteiger partial charge in [-0.15, -0.1) is 5.10 Å². The van der Waals surface area contributed by atoms with Crippen LogP contribution in [0.3, 0.4) is 0 Å². The summed E-state index contributed by atoms with van der Waals surface area (Å²) in [5.74, 6) is -0.748. The molecular weight excluding hydrogens is 376 g/mol. The lowest BCUT2D eigenvalue weighted by molar-refractivity contribution is -0.133. The van der Waals surface area contributed by atoms with Crippen molar-refractivity contribution in [3.05, 3.63) is 46.2 Å². The van der Waals surface area contributed by atoms with Crippen LogP contribution in [0.1, 0.15) is 34.8 Å². The van der Waals surface area contributed by atoms with Crippen LogP contribution >= 0.6 is 15.9 Å². The number of carbonyl (C=O) groups excluding carboxylic acids is 1. The van der Waals surface area contributed by atoms with Crippen molar-refractivity contribution in [3.63, 3.8) is 0 Å². The van der Waals surface area contributed by atoms with Gasteiger partial charge in [0, 0.05) is 17.6 Å². The van der Waals surface area contributed by atoms with E-state index in [4.69, 9.17) is 5.11 Å². The molecule has 1 N–H and O–H groups in total. The average molecular weight is 393 g/mol. The topological polar surface area (TPSA) is 88.3 Å². The number of carboxylic acid groups (broad SMARTS) is 1. The summed E-state index contributed by atoms with van der Waals surface area (Å²) >= 11 is 3.44. The minimum absolute atomic E-state index is 0.0171. The Morgan fingerprint density at radius 2 is 1.88 bits per heavy atom. The molecule has 0 saturated carbocycles. The maximum atomic E-state index is 12.3. The van der Waals surface area contributed by atoms with E-state index in [0.29, 0.717) is 19.0 Å². The Morgan fingerprint density at radius 3 is 2.46 bits per heavy atom. The first-order valence-electron chi connectivity index (χ1n) is 7.69. The van der Waals surface area contributed by atoms with E-state index in [1.165, 1.54) is 16.4 Å². The fourth-order valence-electron chi connectivity index (χ4n) is 2.91. The number of carboxylic acids is 1. The van der Waals surface area contributed by atoms with Gasteiger partial charge in [-0.25, -0.2) is 9.48 Å². The monoisotopic (exact) mass is 392 g/mol. The second-order valence-electron chi connectivity index (χ2n) is 5.81. The van der Waals surface area contributed by atoms with Crippen LogP contribution in [0.5, 0.6) is 0 Å². The molecule has 0 atom stereocenters. The molecule has 0 radical (unpaired) electrons. The van der Waals surface area contributed by atoms with Crippen molar-refractivity contribution in [2.45, 2.75) is 25.3 Å². The molecule has 1 aliphatic heterocycles. The van der Waals surface area contributed by atoms with Crippen molar-refractivity contribution in [2.24, 2.45) is 0 Å². The second-order valence-corrected chi connectivity index (χ2v) is 6.73. The summed E-state index contributed by atoms with van der Waals surface area (Å²) in [6.07, 6.45) is 3.12. The van der Waals surface area contributed by atoms with Crippen LogP contribution in [-0.2, 0) is 11.3 Å². The highest BCUT2D eigenvalue weighted by Gasteiger charge is 2.24. The molecule has 1 aliphatic rings. The number of hydrogen-bond donors (Lipinski definition) is 1. The maximum absolute atomic E-state index is 12.3. The summed E-state index contributed by atoms with van der Waals surface area (Å²) in [6.45, 7) is 1.41. The highest BCUT2D eigenvalue weighted by molar-refractivity contribution is 9.10. The number of carbonyl (C=O) groups is 2. The Kier molecular flexibility index (Phi) is 4.94. The summed E-state index contributed by atoms with van der Waals surface area (Å²) in [6, 6.07) is 8.32. The molecule has 8 heteroatoms. The van der Waals surface area contributed by atoms with E-state index in [1.807, 2.05) is 12.1 Å². The number of benzene rings is 1. The quantitative estimate of drug-likeness (QED) is 0.860. The molecule has 2 aromatic rings. The second kappa shape index (κ2) is 7.12. The molecule has 1 amide bonds. The summed E-state index contributed by atoms with van der Waals surface area (Å²) in [7, 11) is 0. The molecule has 24 heavy (non-hydrogen) atoms. The van der Waals surface area contributed by atoms with E-state index < -0.39 is 5.97 Å². The third-order valence-corrected chi connectivity index (χ3v) is 4.77. The van der Waals surface area contributed by atoms with Crippen molar-refractivity contribution in [2.75, 3.05) is 13.1 Å². The lowest BCUT2D eigenvalue weighted by Gasteiger charge is -2.32. The Hall–Kier alpha value is -2.22. The third kappa shape index (κ3) is 3.81. The molecule has 3 rings (SSSR count). The summed E-state index contributed by atoms with van der Waals surface area (Å²) in [5.41, 5.74) is 1.14. The van der Waals surface area contributed by atoms with Gasteiger partial charge < -0.3 is 10.0 Å². The van der Waals surface area contributed by atoms with Gasteiger partial charge in [0.1, 0.15) is 6.54 Å². The molecule has 1 saturated heterocycles. The van der Waals surface area contributed by atoms with E-state index in [-0.39, 0.29) is 18.1 Å². The van der Waals surface area contributed by atoms with Gasteiger partial charge in [-0.3, -0.25) is 4.79 Å². The fraction of sp³-hybridized carbons (Fsp3) is 0.375. The number of likely N-dealkylation sites (tertiary alicyclic amines) is 1. The minimum Gasteiger partial charge on any atom is -0.476 e. The van der Waals surface area contributed by atoms with Gasteiger partial charge in [-0.2, -0.15) is 0 Å². The van der Waals surface area contributed by atoms with E-state index in [1.54, 1.807) is 4.90 Å². The van der Waals surface area contributed by atoms with Crippen molar-refractivity contribution >= 4 is 27.8 Å². The smallest absolute Gasteiger partial charge is 0.358 e. The van der Waals surface area contributed by atoms with E-state index in [0.717, 1.165) is 17.3 Å². The number of hydrogen-bond acceptors (Lipinski definition) is 4. The van der Waals surface area contributed by atoms with E-state index >= 15 is 0 Å². The largest absolute Gasteiger partial charge is 0.476 e. The number of aromatic carboxylic acids is 1. The van der Waals surface area contributed by atoms with Gasteiger partial charge >= 0.3 is 5.97 Å². The van der Waals surface area contributed by atoms with Crippen molar-refractivity contribution in [3.8, 4) is 0 Å². The number of amides is 1. The minimum atomic E-state index is -1.15. The standard InChI is InChI=1S/C16H17BrN4O3/c17-13-3-1-11(2-4-13)12-5-7-20(8-6-12)15(22)10-21-9-14(16(23)24)18-19-21/h1-4,9,12H,5-8,10H2,(H,23,24). The first kappa shape index (κ1) is 16.6. The molecule has 1 aromatic carbocycles. The molecule has 2 heterocycles. The summed E-state index contributed by atoms with van der Waals surface area (Å²) in [5, 5.41) is 16.0. The zero-order valence-corrected chi connectivity index (χ0v) is 14.5. The van der Waals surface area contributed by atoms with Crippen LogP contribution < -0.4 is 0 Å². The van der Waals surface area contributed by atoms with Crippen LogP contribution in [-0.4, -0.2) is 50.0 Å². The van der Waals surface area contributed by atoms with Gasteiger partial charge in [0.25, 0.3) is 0 Å². The van der Waals surface area contributed by atoms with E-state index in [2.05, 4.69) is 38.4 Å². The van der Waals surface area contributed by atoms with Crippen molar-refractivity contribution in [1.29, 1.82) is 0 Å². The summed E-state index contributed by atoms with van der Waals surface area (Å²) < 4.78 is 2.33. The molecule has 0 unspecified atom stereocenters. The molecule has 7 nitrogen and oxygen atoms in total. The third-order valence-electron chi connectivity index (χ3n) is 4.24. The van der Waals surface area contributed by atoms with Gasteiger partial charge in [0.2, 0.25) is 5.91 Å². The molecule has 1 aromatic heterocycles. The first-order valence-corrected chi connectivity index (χ1v) is 8.49. The normalized spacial score (nSPS) is 15.5. The summed E-state index contributed by atoms with van der Waals surface area (Å²) in [4.78, 5) is 24.9. The van der Waals surface area contributed by atoms with Crippen LogP contribution in [0.15, 0.2) is 34.9 Å². The zero-order chi connectivity index (χ0) is 17.1. The lowest BCUT2D eigenvalue weighted by atomic mass is 9.89. The predicted octanol–water partition coefficient (Wildman–Crippen LogP) is 2.15. The van der Waals surface area contributed by atoms with Gasteiger partial charge in [0.15, 0.2) is 5.69 Å². The van der Waals surface area contributed by atoms with E-state index in [9.17, 15) is 9.59 Å². The van der Waals surface area contributed by atoms with Gasteiger partial charge in [-0.1, -0.05) is 33.3 Å². The number of halogens is 1. The molecular formula is C16H17BrN4O3. The van der Waals surface area contributed by atoms with Gasteiger partial charge in [-0.05, 0) is 36.5 Å². The molecule has 126 valence electrons. The highest BCUT2D eigenvalue weighted by atomic mass is 79.9. The van der Waals surface area contributed by atoms with Crippen molar-refractivity contribution in [1.82, 2.24) is 19.9 Å². The maximum Gasteiger partial charge on any atom is 0.358 e. The average Bonchev–Trinajstić information content (AvgIpc) is 3.04. The molecule has 0 aliphatic carbocycles. The first-order chi connectivity index (χ1) is 11.5. The Morgan fingerprint density at radius 1 is 1.21 bits per heavy atom. The predicted molar refractivity (Wildman–Crippen MR) is 89.7 cm³/mol. The number of piperidine rings is 1. The molecule has 1 fully saturated rings. The zero-order valence-electron chi connectivity index (χ0n) is 12.9. The highest BCUT2D eigenvalue weighted by Crippen LogP contribution is 2.28. The number of nitrogens with zero attached hydrogens (tertiary/aromatic N) is 4. The Bertz CT molecular complexity index is 736. The SMILES string of the molecule is O=C(O)c1cn(CC(=O)N2CCC(c3ccc(Br)cc3)CC2)nn1. The van der Waals surface area contributed by atoms with Crippen molar-refractivity contribution < 1.29 is 14.7 Å². The molecule has 0 spiro atoms. The molecule has 0 bridgehead atoms. The van der Waals surface area contributed by atoms with Crippen LogP contribution in [0.2, 0.25) is 0 Å². The Balaban J connectivity index is 1.54. The fourth-order valence-corrected chi connectivity index (χ4v) is 3.17. The number of aromatic nitrogens is 3. The Labute approximate surface area is 147 Å². The number of rotatable bonds is 4.